The first-order chi connectivity index (χ1) is 8.79. The molecule has 1 unspecified atom stereocenters. The van der Waals surface area contributed by atoms with Crippen LogP contribution >= 0.6 is 0 Å². The van der Waals surface area contributed by atoms with Gasteiger partial charge in [0.05, 0.1) is 0 Å². The topological polar surface area (TPSA) is 47.5 Å². The van der Waals surface area contributed by atoms with Crippen molar-refractivity contribution in [2.75, 3.05) is 32.7 Å². The normalized spacial score (nSPS) is 30.2. The molecule has 0 amide bonds. The van der Waals surface area contributed by atoms with Crippen molar-refractivity contribution >= 4 is 8.32 Å². The summed E-state index contributed by atoms with van der Waals surface area (Å²) in [6, 6.07) is 1.28. The Morgan fingerprint density at radius 1 is 1.32 bits per heavy atom. The molecule has 2 aliphatic heterocycles. The number of rotatable bonds is 4. The molecule has 3 N–H and O–H groups in total. The van der Waals surface area contributed by atoms with Crippen LogP contribution in [0.15, 0.2) is 0 Å². The van der Waals surface area contributed by atoms with Crippen LogP contribution in [0.5, 0.6) is 0 Å². The third-order valence-corrected chi connectivity index (χ3v) is 8.91. The summed E-state index contributed by atoms with van der Waals surface area (Å²) in [6.07, 6.45) is 2.30. The van der Waals surface area contributed by atoms with Gasteiger partial charge in [-0.25, -0.2) is 0 Å². The molecular weight excluding hydrogens is 254 g/mol. The molecule has 0 aliphatic carbocycles. The maximum atomic E-state index is 10.4. The van der Waals surface area contributed by atoms with E-state index in [1.54, 1.807) is 0 Å². The van der Waals surface area contributed by atoms with Crippen molar-refractivity contribution in [2.45, 2.75) is 56.9 Å². The summed E-state index contributed by atoms with van der Waals surface area (Å²) in [5.74, 6) is 0. The van der Waals surface area contributed by atoms with Gasteiger partial charge in [0.15, 0.2) is 8.32 Å². The Labute approximate surface area is 119 Å². The molecule has 0 aromatic heterocycles. The SMILES string of the molecule is CC(C)(CC[C@@H]1CN2CCNCC2CN1)[Si](C)(C)O. The van der Waals surface area contributed by atoms with E-state index in [1.807, 2.05) is 0 Å². The Balaban J connectivity index is 1.81. The van der Waals surface area contributed by atoms with Crippen LogP contribution in [0.2, 0.25) is 18.1 Å². The van der Waals surface area contributed by atoms with E-state index < -0.39 is 8.32 Å². The highest BCUT2D eigenvalue weighted by Gasteiger charge is 2.38. The molecule has 4 nitrogen and oxygen atoms in total. The van der Waals surface area contributed by atoms with Gasteiger partial charge in [-0.2, -0.15) is 0 Å². The van der Waals surface area contributed by atoms with Crippen LogP contribution in [0.3, 0.4) is 0 Å². The third-order valence-electron chi connectivity index (χ3n) is 5.34. The number of hydrogen-bond acceptors (Lipinski definition) is 4. The highest BCUT2D eigenvalue weighted by atomic mass is 28.4. The van der Waals surface area contributed by atoms with Gasteiger partial charge in [-0.15, -0.1) is 0 Å². The van der Waals surface area contributed by atoms with Gasteiger partial charge in [-0.3, -0.25) is 4.90 Å². The van der Waals surface area contributed by atoms with Gasteiger partial charge in [0.25, 0.3) is 0 Å². The van der Waals surface area contributed by atoms with E-state index in [4.69, 9.17) is 0 Å². The zero-order chi connectivity index (χ0) is 14.1. The highest BCUT2D eigenvalue weighted by molar-refractivity contribution is 6.72. The van der Waals surface area contributed by atoms with Gasteiger partial charge < -0.3 is 15.4 Å². The lowest BCUT2D eigenvalue weighted by Gasteiger charge is -2.44. The molecule has 2 atom stereocenters. The van der Waals surface area contributed by atoms with E-state index in [0.29, 0.717) is 12.1 Å². The van der Waals surface area contributed by atoms with Gasteiger partial charge in [-0.1, -0.05) is 13.8 Å². The molecule has 0 saturated carbocycles. The fourth-order valence-corrected chi connectivity index (χ4v) is 3.69. The standard InChI is InChI=1S/C14H31N3OSi/c1-14(2,19(3,4)18)6-5-12-11-17-8-7-15-9-13(17)10-16-12/h12-13,15-16,18H,5-11H2,1-4H3/t12-,13?/m1/s1. The molecule has 0 radical (unpaired) electrons. The fraction of sp³-hybridized carbons (Fsp3) is 1.00. The molecule has 2 rings (SSSR count). The minimum Gasteiger partial charge on any atom is -0.432 e. The Kier molecular flexibility index (Phi) is 4.73. The van der Waals surface area contributed by atoms with E-state index in [2.05, 4.69) is 42.5 Å². The second kappa shape index (κ2) is 5.82. The lowest BCUT2D eigenvalue weighted by molar-refractivity contribution is 0.101. The molecule has 0 aromatic carbocycles. The van der Waals surface area contributed by atoms with Crippen LogP contribution in [-0.4, -0.2) is 62.8 Å². The van der Waals surface area contributed by atoms with Crippen LogP contribution in [0.4, 0.5) is 0 Å². The summed E-state index contributed by atoms with van der Waals surface area (Å²) in [5.41, 5.74) is 0. The molecular formula is C14H31N3OSi. The second-order valence-electron chi connectivity index (χ2n) is 7.44. The fourth-order valence-electron chi connectivity index (χ4n) is 2.93. The molecule has 2 aliphatic rings. The summed E-state index contributed by atoms with van der Waals surface area (Å²) in [5, 5.41) is 7.27. The smallest absolute Gasteiger partial charge is 0.188 e. The number of hydrogen-bond donors (Lipinski definition) is 3. The average Bonchev–Trinajstić information content (AvgIpc) is 2.35. The molecule has 0 aromatic rings. The van der Waals surface area contributed by atoms with E-state index in [1.165, 1.54) is 19.5 Å². The molecule has 0 bridgehead atoms. The summed E-state index contributed by atoms with van der Waals surface area (Å²) in [7, 11) is -2.06. The van der Waals surface area contributed by atoms with E-state index in [0.717, 1.165) is 26.1 Å². The molecule has 2 heterocycles. The summed E-state index contributed by atoms with van der Waals surface area (Å²) in [4.78, 5) is 13.0. The molecule has 112 valence electrons. The zero-order valence-electron chi connectivity index (χ0n) is 13.0. The van der Waals surface area contributed by atoms with Crippen molar-refractivity contribution in [3.63, 3.8) is 0 Å². The second-order valence-corrected chi connectivity index (χ2v) is 11.9. The van der Waals surface area contributed by atoms with Crippen molar-refractivity contribution < 1.29 is 4.80 Å². The predicted octanol–water partition coefficient (Wildman–Crippen LogP) is 0.990. The monoisotopic (exact) mass is 285 g/mol. The number of nitrogens with zero attached hydrogens (tertiary/aromatic N) is 1. The first-order valence-corrected chi connectivity index (χ1v) is 10.6. The van der Waals surface area contributed by atoms with E-state index in [9.17, 15) is 4.80 Å². The van der Waals surface area contributed by atoms with Gasteiger partial charge in [0.2, 0.25) is 0 Å². The van der Waals surface area contributed by atoms with Crippen LogP contribution in [-0.2, 0) is 0 Å². The third kappa shape index (κ3) is 3.79. The zero-order valence-corrected chi connectivity index (χ0v) is 14.0. The van der Waals surface area contributed by atoms with E-state index in [-0.39, 0.29) is 5.04 Å². The highest BCUT2D eigenvalue weighted by Crippen LogP contribution is 2.40. The molecule has 2 fully saturated rings. The van der Waals surface area contributed by atoms with Gasteiger partial charge in [0, 0.05) is 44.8 Å². The van der Waals surface area contributed by atoms with E-state index >= 15 is 0 Å². The largest absolute Gasteiger partial charge is 0.432 e. The van der Waals surface area contributed by atoms with Crippen LogP contribution in [0.1, 0.15) is 26.7 Å². The first-order valence-electron chi connectivity index (χ1n) is 7.70. The number of nitrogens with one attached hydrogen (secondary N) is 2. The lowest BCUT2D eigenvalue weighted by atomic mass is 9.98. The Morgan fingerprint density at radius 2 is 2.05 bits per heavy atom. The molecule has 2 saturated heterocycles. The van der Waals surface area contributed by atoms with Crippen molar-refractivity contribution in [3.05, 3.63) is 0 Å². The average molecular weight is 286 g/mol. The van der Waals surface area contributed by atoms with Crippen molar-refractivity contribution in [1.82, 2.24) is 15.5 Å². The van der Waals surface area contributed by atoms with Crippen LogP contribution < -0.4 is 10.6 Å². The van der Waals surface area contributed by atoms with Gasteiger partial charge in [0.1, 0.15) is 0 Å². The molecule has 5 heteroatoms. The molecule has 0 spiro atoms. The summed E-state index contributed by atoms with van der Waals surface area (Å²) in [6.45, 7) is 14.3. The quantitative estimate of drug-likeness (QED) is 0.674. The van der Waals surface area contributed by atoms with Gasteiger partial charge in [-0.05, 0) is 31.0 Å². The number of piperazine rings is 2. The first kappa shape index (κ1) is 15.4. The maximum Gasteiger partial charge on any atom is 0.188 e. The van der Waals surface area contributed by atoms with Crippen molar-refractivity contribution in [3.8, 4) is 0 Å². The summed E-state index contributed by atoms with van der Waals surface area (Å²) >= 11 is 0. The van der Waals surface area contributed by atoms with Crippen molar-refractivity contribution in [2.24, 2.45) is 0 Å². The van der Waals surface area contributed by atoms with Crippen molar-refractivity contribution in [1.29, 1.82) is 0 Å². The van der Waals surface area contributed by atoms with Crippen LogP contribution in [0, 0.1) is 0 Å². The lowest BCUT2D eigenvalue weighted by Crippen LogP contribution is -2.63. The predicted molar refractivity (Wildman–Crippen MR) is 83.0 cm³/mol. The molecule has 19 heavy (non-hydrogen) atoms. The maximum absolute atomic E-state index is 10.4. The Hall–Kier alpha value is 0.0569. The van der Waals surface area contributed by atoms with Crippen LogP contribution in [0.25, 0.3) is 0 Å². The minimum atomic E-state index is -2.06. The Bertz CT molecular complexity index is 304. The summed E-state index contributed by atoms with van der Waals surface area (Å²) < 4.78 is 0. The van der Waals surface area contributed by atoms with Gasteiger partial charge >= 0.3 is 0 Å². The minimum absolute atomic E-state index is 0.106. The number of fused-ring (bicyclic) bond motifs is 1. The Morgan fingerprint density at radius 3 is 2.74 bits per heavy atom.